The van der Waals surface area contributed by atoms with Crippen LogP contribution in [-0.4, -0.2) is 11.6 Å². The summed E-state index contributed by atoms with van der Waals surface area (Å²) in [6.07, 6.45) is 16.3. The van der Waals surface area contributed by atoms with Gasteiger partial charge in [-0.3, -0.25) is 4.79 Å². The van der Waals surface area contributed by atoms with Crippen LogP contribution in [0.15, 0.2) is 29.4 Å². The van der Waals surface area contributed by atoms with E-state index in [9.17, 15) is 4.79 Å². The highest BCUT2D eigenvalue weighted by atomic mass is 16.2. The summed E-state index contributed by atoms with van der Waals surface area (Å²) in [4.78, 5) is 11.9. The van der Waals surface area contributed by atoms with Gasteiger partial charge in [0.25, 0.3) is 5.91 Å². The molecule has 0 aromatic heterocycles. The molecule has 0 atom stereocenters. The lowest BCUT2D eigenvalue weighted by Crippen LogP contribution is -2.22. The molecule has 0 bridgehead atoms. The Balaban J connectivity index is 1.81. The van der Waals surface area contributed by atoms with Gasteiger partial charge in [0.15, 0.2) is 0 Å². The first kappa shape index (κ1) is 17.0. The fourth-order valence-electron chi connectivity index (χ4n) is 3.95. The lowest BCUT2D eigenvalue weighted by atomic mass is 9.81. The molecule has 3 heteroatoms. The number of nitrogens with zero attached hydrogens (tertiary/aromatic N) is 1. The zero-order valence-corrected chi connectivity index (χ0v) is 13.9. The maximum Gasteiger partial charge on any atom is 0.271 e. The number of hydrogen-bond acceptors (Lipinski definition) is 2. The van der Waals surface area contributed by atoms with Gasteiger partial charge in [0, 0.05) is 11.3 Å². The Hall–Kier alpha value is -1.38. The number of rotatable bonds is 4. The van der Waals surface area contributed by atoms with Crippen LogP contribution in [-0.2, 0) is 4.79 Å². The lowest BCUT2D eigenvalue weighted by molar-refractivity contribution is -0.117. The van der Waals surface area contributed by atoms with Crippen LogP contribution in [0.3, 0.4) is 0 Å². The van der Waals surface area contributed by atoms with Gasteiger partial charge in [-0.2, -0.15) is 5.10 Å². The molecule has 122 valence electrons. The Morgan fingerprint density at radius 2 is 1.64 bits per heavy atom. The normalized spacial score (nSPS) is 24.5. The second-order valence-electron chi connectivity index (χ2n) is 6.66. The highest BCUT2D eigenvalue weighted by molar-refractivity contribution is 5.97. The van der Waals surface area contributed by atoms with E-state index in [1.807, 2.05) is 6.92 Å². The van der Waals surface area contributed by atoms with Crippen LogP contribution in [0, 0.1) is 11.8 Å². The maximum absolute atomic E-state index is 11.9. The van der Waals surface area contributed by atoms with Gasteiger partial charge in [0.2, 0.25) is 0 Å². The third-order valence-electron chi connectivity index (χ3n) is 5.26. The molecule has 0 spiro atoms. The van der Waals surface area contributed by atoms with Crippen LogP contribution in [0.5, 0.6) is 0 Å². The third-order valence-corrected chi connectivity index (χ3v) is 5.26. The first-order valence-electron chi connectivity index (χ1n) is 8.89. The molecule has 2 rings (SSSR count). The van der Waals surface area contributed by atoms with Gasteiger partial charge < -0.3 is 0 Å². The number of nitrogens with one attached hydrogen (secondary N) is 1. The fourth-order valence-corrected chi connectivity index (χ4v) is 3.95. The van der Waals surface area contributed by atoms with Crippen molar-refractivity contribution in [1.29, 1.82) is 0 Å². The van der Waals surface area contributed by atoms with Crippen LogP contribution in [0.2, 0.25) is 0 Å². The maximum atomic E-state index is 11.9. The number of carbonyl (C=O) groups excluding carboxylic acids is 1. The van der Waals surface area contributed by atoms with Crippen molar-refractivity contribution in [1.82, 2.24) is 5.43 Å². The predicted octanol–water partition coefficient (Wildman–Crippen LogP) is 4.75. The molecule has 0 aromatic rings. The summed E-state index contributed by atoms with van der Waals surface area (Å²) in [6, 6.07) is 0. The molecule has 0 radical (unpaired) electrons. The van der Waals surface area contributed by atoms with Crippen molar-refractivity contribution in [2.24, 2.45) is 16.9 Å². The molecule has 0 saturated heterocycles. The van der Waals surface area contributed by atoms with E-state index < -0.39 is 0 Å². The summed E-state index contributed by atoms with van der Waals surface area (Å²) < 4.78 is 0. The molecule has 0 unspecified atom stereocenters. The molecule has 2 fully saturated rings. The quantitative estimate of drug-likeness (QED) is 0.454. The number of amides is 1. The molecular formula is C19H30N2O. The Morgan fingerprint density at radius 3 is 2.14 bits per heavy atom. The van der Waals surface area contributed by atoms with Crippen molar-refractivity contribution in [3.63, 3.8) is 0 Å². The molecule has 22 heavy (non-hydrogen) atoms. The molecule has 1 amide bonds. The zero-order chi connectivity index (χ0) is 15.8. The summed E-state index contributed by atoms with van der Waals surface area (Å²) >= 11 is 0. The van der Waals surface area contributed by atoms with Crippen molar-refractivity contribution in [3.05, 3.63) is 24.3 Å². The van der Waals surface area contributed by atoms with E-state index in [0.29, 0.717) is 5.57 Å². The standard InChI is InChI=1S/C19H30N2O/c1-3-15(4-2)19(22)21-20-18-13-7-11-17(12-8-14-18)16-9-5-6-10-16/h3-4,16-17H,1,5-14H2,2H3,(H,21,22)/b15-4+,20-18?. The highest BCUT2D eigenvalue weighted by Crippen LogP contribution is 2.37. The van der Waals surface area contributed by atoms with Gasteiger partial charge in [0.1, 0.15) is 0 Å². The van der Waals surface area contributed by atoms with Gasteiger partial charge in [-0.1, -0.05) is 44.4 Å². The van der Waals surface area contributed by atoms with E-state index >= 15 is 0 Å². The minimum absolute atomic E-state index is 0.157. The smallest absolute Gasteiger partial charge is 0.267 e. The first-order valence-corrected chi connectivity index (χ1v) is 8.89. The van der Waals surface area contributed by atoms with Crippen LogP contribution in [0.25, 0.3) is 0 Å². The summed E-state index contributed by atoms with van der Waals surface area (Å²) in [5, 5.41) is 4.35. The third kappa shape index (κ3) is 4.82. The van der Waals surface area contributed by atoms with E-state index in [4.69, 9.17) is 0 Å². The monoisotopic (exact) mass is 302 g/mol. The molecule has 0 heterocycles. The first-order chi connectivity index (χ1) is 10.7. The highest BCUT2D eigenvalue weighted by Gasteiger charge is 2.25. The van der Waals surface area contributed by atoms with Gasteiger partial charge >= 0.3 is 0 Å². The van der Waals surface area contributed by atoms with Crippen LogP contribution >= 0.6 is 0 Å². The Kier molecular flexibility index (Phi) is 6.88. The Labute approximate surface area is 134 Å². The van der Waals surface area contributed by atoms with Gasteiger partial charge in [-0.15, -0.1) is 0 Å². The van der Waals surface area contributed by atoms with Gasteiger partial charge in [-0.25, -0.2) is 5.43 Å². The van der Waals surface area contributed by atoms with Crippen molar-refractivity contribution in [3.8, 4) is 0 Å². The molecule has 2 aliphatic rings. The van der Waals surface area contributed by atoms with Gasteiger partial charge in [-0.05, 0) is 57.3 Å². The molecule has 0 aromatic carbocycles. The van der Waals surface area contributed by atoms with E-state index in [2.05, 4.69) is 17.1 Å². The summed E-state index contributed by atoms with van der Waals surface area (Å²) in [6.45, 7) is 5.48. The minimum Gasteiger partial charge on any atom is -0.267 e. The van der Waals surface area contributed by atoms with Crippen molar-refractivity contribution >= 4 is 11.6 Å². The topological polar surface area (TPSA) is 41.5 Å². The second kappa shape index (κ2) is 8.92. The van der Waals surface area contributed by atoms with Gasteiger partial charge in [0.05, 0.1) is 0 Å². The Morgan fingerprint density at radius 1 is 1.09 bits per heavy atom. The molecular weight excluding hydrogens is 272 g/mol. The fraction of sp³-hybridized carbons (Fsp3) is 0.684. The zero-order valence-electron chi connectivity index (χ0n) is 13.9. The van der Waals surface area contributed by atoms with Crippen molar-refractivity contribution < 1.29 is 4.79 Å². The van der Waals surface area contributed by atoms with E-state index in [1.54, 1.807) is 12.2 Å². The van der Waals surface area contributed by atoms with E-state index in [1.165, 1.54) is 51.4 Å². The average molecular weight is 302 g/mol. The molecule has 0 aliphatic heterocycles. The summed E-state index contributed by atoms with van der Waals surface area (Å²) in [5.41, 5.74) is 4.41. The van der Waals surface area contributed by atoms with Crippen LogP contribution in [0.4, 0.5) is 0 Å². The molecule has 2 aliphatic carbocycles. The average Bonchev–Trinajstić information content (AvgIpc) is 3.01. The molecule has 1 N–H and O–H groups in total. The largest absolute Gasteiger partial charge is 0.271 e. The predicted molar refractivity (Wildman–Crippen MR) is 92.7 cm³/mol. The number of hydrazone groups is 1. The molecule has 2 saturated carbocycles. The SMILES string of the molecule is C=C/C(=C\C)C(=O)NN=C1CCCC(C2CCCC2)CCC1. The Bertz CT molecular complexity index is 432. The minimum atomic E-state index is -0.157. The van der Waals surface area contributed by atoms with E-state index in [0.717, 1.165) is 30.4 Å². The number of allylic oxidation sites excluding steroid dienone is 1. The van der Waals surface area contributed by atoms with Crippen molar-refractivity contribution in [2.75, 3.05) is 0 Å². The lowest BCUT2D eigenvalue weighted by Gasteiger charge is -2.25. The van der Waals surface area contributed by atoms with Crippen molar-refractivity contribution in [2.45, 2.75) is 71.1 Å². The second-order valence-corrected chi connectivity index (χ2v) is 6.66. The summed E-state index contributed by atoms with van der Waals surface area (Å²) in [5.74, 6) is 1.77. The number of carbonyl (C=O) groups is 1. The van der Waals surface area contributed by atoms with Crippen LogP contribution in [0.1, 0.15) is 71.1 Å². The number of hydrogen-bond donors (Lipinski definition) is 1. The molecule has 3 nitrogen and oxygen atoms in total. The van der Waals surface area contributed by atoms with Crippen LogP contribution < -0.4 is 5.43 Å². The summed E-state index contributed by atoms with van der Waals surface area (Å²) in [7, 11) is 0. The van der Waals surface area contributed by atoms with E-state index in [-0.39, 0.29) is 5.91 Å².